The molecule has 1 aromatic carbocycles. The normalized spacial score (nSPS) is 9.46. The fourth-order valence-electron chi connectivity index (χ4n) is 1.01. The van der Waals surface area contributed by atoms with E-state index in [2.05, 4.69) is 0 Å². The van der Waals surface area contributed by atoms with Gasteiger partial charge in [-0.25, -0.2) is 0 Å². The Morgan fingerprint density at radius 2 is 2.08 bits per heavy atom. The number of methoxy groups -OCH3 is 1. The number of nitrogens with zero attached hydrogens (tertiary/aromatic N) is 1. The highest BCUT2D eigenvalue weighted by Crippen LogP contribution is 2.13. The number of ether oxygens (including phenoxy) is 1. The SMILES string of the molecule is COc1cccc(C(=S)N(C)C)c1. The van der Waals surface area contributed by atoms with E-state index in [9.17, 15) is 0 Å². The number of thiocarbonyl (C=S) groups is 1. The summed E-state index contributed by atoms with van der Waals surface area (Å²) >= 11 is 5.22. The Labute approximate surface area is 84.1 Å². The third-order valence-corrected chi connectivity index (χ3v) is 2.32. The van der Waals surface area contributed by atoms with Crippen molar-refractivity contribution in [3.8, 4) is 5.75 Å². The van der Waals surface area contributed by atoms with Crippen LogP contribution in [0.5, 0.6) is 5.75 Å². The maximum absolute atomic E-state index is 5.22. The highest BCUT2D eigenvalue weighted by molar-refractivity contribution is 7.80. The second kappa shape index (κ2) is 4.23. The molecule has 0 radical (unpaired) electrons. The van der Waals surface area contributed by atoms with Crippen LogP contribution in [0.2, 0.25) is 0 Å². The van der Waals surface area contributed by atoms with Gasteiger partial charge >= 0.3 is 0 Å². The standard InChI is InChI=1S/C10H13NOS/c1-11(2)10(13)8-5-4-6-9(7-8)12-3/h4-7H,1-3H3. The Hall–Kier alpha value is -1.09. The lowest BCUT2D eigenvalue weighted by molar-refractivity contribution is 0.414. The highest BCUT2D eigenvalue weighted by Gasteiger charge is 2.03. The smallest absolute Gasteiger partial charge is 0.119 e. The molecule has 1 rings (SSSR count). The molecule has 0 aliphatic carbocycles. The predicted octanol–water partition coefficient (Wildman–Crippen LogP) is 1.93. The van der Waals surface area contributed by atoms with Gasteiger partial charge in [0.1, 0.15) is 10.7 Å². The molecule has 0 aromatic heterocycles. The van der Waals surface area contributed by atoms with Crippen LogP contribution in [0.4, 0.5) is 0 Å². The summed E-state index contributed by atoms with van der Waals surface area (Å²) < 4.78 is 5.11. The maximum Gasteiger partial charge on any atom is 0.119 e. The van der Waals surface area contributed by atoms with Crippen molar-refractivity contribution < 1.29 is 4.74 Å². The van der Waals surface area contributed by atoms with Crippen molar-refractivity contribution in [1.29, 1.82) is 0 Å². The molecule has 3 heteroatoms. The summed E-state index contributed by atoms with van der Waals surface area (Å²) in [5, 5.41) is 0. The average molecular weight is 195 g/mol. The topological polar surface area (TPSA) is 12.5 Å². The van der Waals surface area contributed by atoms with Crippen molar-refractivity contribution in [1.82, 2.24) is 4.90 Å². The summed E-state index contributed by atoms with van der Waals surface area (Å²) in [6, 6.07) is 7.75. The van der Waals surface area contributed by atoms with Crippen LogP contribution >= 0.6 is 12.2 Å². The summed E-state index contributed by atoms with van der Waals surface area (Å²) in [5.41, 5.74) is 1.01. The highest BCUT2D eigenvalue weighted by atomic mass is 32.1. The largest absolute Gasteiger partial charge is 0.497 e. The lowest BCUT2D eigenvalue weighted by Gasteiger charge is -2.14. The summed E-state index contributed by atoms with van der Waals surface area (Å²) in [6.07, 6.45) is 0. The van der Waals surface area contributed by atoms with Gasteiger partial charge in [0, 0.05) is 19.7 Å². The molecule has 0 N–H and O–H groups in total. The molecule has 0 heterocycles. The van der Waals surface area contributed by atoms with Crippen molar-refractivity contribution in [2.24, 2.45) is 0 Å². The van der Waals surface area contributed by atoms with E-state index in [0.29, 0.717) is 0 Å². The molecule has 2 nitrogen and oxygen atoms in total. The Morgan fingerprint density at radius 3 is 2.62 bits per heavy atom. The molecule has 13 heavy (non-hydrogen) atoms. The molecule has 0 saturated carbocycles. The molecule has 70 valence electrons. The molecule has 0 bridgehead atoms. The zero-order valence-corrected chi connectivity index (χ0v) is 8.89. The van der Waals surface area contributed by atoms with Crippen molar-refractivity contribution in [2.45, 2.75) is 0 Å². The number of benzene rings is 1. The van der Waals surface area contributed by atoms with Crippen LogP contribution in [0.1, 0.15) is 5.56 Å². The summed E-state index contributed by atoms with van der Waals surface area (Å²) in [6.45, 7) is 0. The molecule has 0 saturated heterocycles. The predicted molar refractivity (Wildman–Crippen MR) is 58.4 cm³/mol. The second-order valence-corrected chi connectivity index (χ2v) is 3.32. The zero-order chi connectivity index (χ0) is 9.84. The van der Waals surface area contributed by atoms with Crippen molar-refractivity contribution in [2.75, 3.05) is 21.2 Å². The van der Waals surface area contributed by atoms with Crippen LogP contribution in [0, 0.1) is 0 Å². The fraction of sp³-hybridized carbons (Fsp3) is 0.300. The maximum atomic E-state index is 5.22. The van der Waals surface area contributed by atoms with E-state index in [1.54, 1.807) is 7.11 Å². The fourth-order valence-corrected chi connectivity index (χ4v) is 1.14. The van der Waals surface area contributed by atoms with Crippen molar-refractivity contribution in [3.05, 3.63) is 29.8 Å². The summed E-state index contributed by atoms with van der Waals surface area (Å²) in [4.78, 5) is 2.73. The lowest BCUT2D eigenvalue weighted by atomic mass is 10.2. The van der Waals surface area contributed by atoms with Gasteiger partial charge < -0.3 is 9.64 Å². The quantitative estimate of drug-likeness (QED) is 0.669. The van der Waals surface area contributed by atoms with Gasteiger partial charge in [-0.05, 0) is 12.1 Å². The summed E-state index contributed by atoms with van der Waals surface area (Å²) in [7, 11) is 5.52. The second-order valence-electron chi connectivity index (χ2n) is 2.93. The van der Waals surface area contributed by atoms with E-state index < -0.39 is 0 Å². The van der Waals surface area contributed by atoms with E-state index in [4.69, 9.17) is 17.0 Å². The molecule has 0 aliphatic heterocycles. The van der Waals surface area contributed by atoms with E-state index in [1.165, 1.54) is 0 Å². The van der Waals surface area contributed by atoms with Gasteiger partial charge in [0.05, 0.1) is 7.11 Å². The Morgan fingerprint density at radius 1 is 1.38 bits per heavy atom. The van der Waals surface area contributed by atoms with Gasteiger partial charge in [0.15, 0.2) is 0 Å². The zero-order valence-electron chi connectivity index (χ0n) is 8.07. The van der Waals surface area contributed by atoms with Crippen LogP contribution in [-0.2, 0) is 0 Å². The monoisotopic (exact) mass is 195 g/mol. The van der Waals surface area contributed by atoms with Gasteiger partial charge in [0.25, 0.3) is 0 Å². The van der Waals surface area contributed by atoms with E-state index in [-0.39, 0.29) is 0 Å². The average Bonchev–Trinajstić information content (AvgIpc) is 2.16. The Kier molecular flexibility index (Phi) is 3.25. The first kappa shape index (κ1) is 9.99. The molecule has 0 aliphatic rings. The van der Waals surface area contributed by atoms with Gasteiger partial charge in [-0.15, -0.1) is 0 Å². The van der Waals surface area contributed by atoms with E-state index in [1.807, 2.05) is 43.3 Å². The number of rotatable bonds is 2. The minimum Gasteiger partial charge on any atom is -0.497 e. The van der Waals surface area contributed by atoms with E-state index >= 15 is 0 Å². The molecule has 1 aromatic rings. The van der Waals surface area contributed by atoms with Crippen LogP contribution in [0.25, 0.3) is 0 Å². The Bertz CT molecular complexity index is 310. The van der Waals surface area contributed by atoms with Crippen LogP contribution in [-0.4, -0.2) is 31.1 Å². The molecule has 0 unspecified atom stereocenters. The molecule has 0 fully saturated rings. The minimum atomic E-state index is 0.818. The first-order chi connectivity index (χ1) is 6.15. The first-order valence-corrected chi connectivity index (χ1v) is 4.41. The minimum absolute atomic E-state index is 0.818. The third-order valence-electron chi connectivity index (χ3n) is 1.72. The van der Waals surface area contributed by atoms with Gasteiger partial charge in [-0.3, -0.25) is 0 Å². The molecular weight excluding hydrogens is 182 g/mol. The molecular formula is C10H13NOS. The molecule has 0 atom stereocenters. The van der Waals surface area contributed by atoms with Crippen molar-refractivity contribution in [3.63, 3.8) is 0 Å². The van der Waals surface area contributed by atoms with E-state index in [0.717, 1.165) is 16.3 Å². The third kappa shape index (κ3) is 2.42. The summed E-state index contributed by atoms with van der Waals surface area (Å²) in [5.74, 6) is 0.835. The van der Waals surface area contributed by atoms with Crippen molar-refractivity contribution >= 4 is 17.2 Å². The van der Waals surface area contributed by atoms with Crippen LogP contribution in [0.15, 0.2) is 24.3 Å². The number of hydrogen-bond acceptors (Lipinski definition) is 2. The van der Waals surface area contributed by atoms with Crippen LogP contribution < -0.4 is 4.74 Å². The first-order valence-electron chi connectivity index (χ1n) is 4.01. The van der Waals surface area contributed by atoms with Gasteiger partial charge in [-0.1, -0.05) is 24.4 Å². The number of hydrogen-bond donors (Lipinski definition) is 0. The van der Waals surface area contributed by atoms with Gasteiger partial charge in [-0.2, -0.15) is 0 Å². The van der Waals surface area contributed by atoms with Gasteiger partial charge in [0.2, 0.25) is 0 Å². The lowest BCUT2D eigenvalue weighted by Crippen LogP contribution is -2.20. The van der Waals surface area contributed by atoms with Crippen LogP contribution in [0.3, 0.4) is 0 Å². The molecule has 0 amide bonds. The molecule has 0 spiro atoms. The Balaban J connectivity index is 2.95.